The van der Waals surface area contributed by atoms with Crippen LogP contribution in [0.15, 0.2) is 36.4 Å². The molecule has 0 aliphatic carbocycles. The van der Waals surface area contributed by atoms with Gasteiger partial charge in [-0.2, -0.15) is 0 Å². The first-order valence-electron chi connectivity index (χ1n) is 6.27. The van der Waals surface area contributed by atoms with Gasteiger partial charge in [0, 0.05) is 17.8 Å². The molecular formula is C15H12F2N2O. The molecule has 1 amide bonds. The zero-order chi connectivity index (χ0) is 14.1. The molecule has 102 valence electrons. The summed E-state index contributed by atoms with van der Waals surface area (Å²) in [7, 11) is 0. The first-order chi connectivity index (χ1) is 9.65. The zero-order valence-corrected chi connectivity index (χ0v) is 10.5. The van der Waals surface area contributed by atoms with E-state index in [0.29, 0.717) is 5.56 Å². The highest BCUT2D eigenvalue weighted by Crippen LogP contribution is 2.24. The fourth-order valence-electron chi connectivity index (χ4n) is 2.25. The maximum absolute atomic E-state index is 13.5. The molecule has 0 aromatic heterocycles. The molecule has 1 aliphatic rings. The topological polar surface area (TPSA) is 41.1 Å². The summed E-state index contributed by atoms with van der Waals surface area (Å²) in [6, 6.07) is 8.63. The highest BCUT2D eigenvalue weighted by molar-refractivity contribution is 6.04. The molecule has 0 atom stereocenters. The second kappa shape index (κ2) is 4.92. The van der Waals surface area contributed by atoms with Crippen LogP contribution in [0.5, 0.6) is 0 Å². The molecule has 2 N–H and O–H groups in total. The fraction of sp³-hybridized carbons (Fsp3) is 0.133. The van der Waals surface area contributed by atoms with Gasteiger partial charge in [0.2, 0.25) is 0 Å². The molecule has 0 spiro atoms. The molecule has 3 rings (SSSR count). The van der Waals surface area contributed by atoms with Crippen LogP contribution in [-0.2, 0) is 6.42 Å². The Morgan fingerprint density at radius 2 is 1.90 bits per heavy atom. The average Bonchev–Trinajstić information content (AvgIpc) is 2.90. The van der Waals surface area contributed by atoms with Crippen LogP contribution >= 0.6 is 0 Å². The lowest BCUT2D eigenvalue weighted by molar-refractivity contribution is 0.102. The minimum Gasteiger partial charge on any atom is -0.384 e. The Kier molecular flexibility index (Phi) is 3.10. The molecule has 3 nitrogen and oxygen atoms in total. The predicted molar refractivity (Wildman–Crippen MR) is 72.9 cm³/mol. The summed E-state index contributed by atoms with van der Waals surface area (Å²) >= 11 is 0. The number of anilines is 2. The Hall–Kier alpha value is -2.43. The van der Waals surface area contributed by atoms with Gasteiger partial charge in [-0.25, -0.2) is 8.78 Å². The third-order valence-electron chi connectivity index (χ3n) is 3.28. The molecule has 2 aromatic carbocycles. The third kappa shape index (κ3) is 2.22. The van der Waals surface area contributed by atoms with Crippen LogP contribution in [-0.4, -0.2) is 12.5 Å². The number of carbonyl (C=O) groups is 1. The standard InChI is InChI=1S/C15H12F2N2O/c16-11-2-1-3-12(17)14(11)19-15(20)10-4-5-13-9(8-10)6-7-18-13/h1-5,8,18H,6-7H2,(H,19,20). The number of hydrogen-bond donors (Lipinski definition) is 2. The van der Waals surface area contributed by atoms with Crippen molar-refractivity contribution in [2.24, 2.45) is 0 Å². The Bertz CT molecular complexity index is 665. The normalized spacial score (nSPS) is 12.7. The van der Waals surface area contributed by atoms with Gasteiger partial charge in [0.05, 0.1) is 0 Å². The van der Waals surface area contributed by atoms with Crippen molar-refractivity contribution in [3.8, 4) is 0 Å². The second-order valence-corrected chi connectivity index (χ2v) is 4.60. The Labute approximate surface area is 114 Å². The van der Waals surface area contributed by atoms with E-state index in [-0.39, 0.29) is 0 Å². The van der Waals surface area contributed by atoms with Crippen molar-refractivity contribution in [2.45, 2.75) is 6.42 Å². The number of halogens is 2. The summed E-state index contributed by atoms with van der Waals surface area (Å²) in [5.41, 5.74) is 2.00. The SMILES string of the molecule is O=C(Nc1c(F)cccc1F)c1ccc2c(c1)CCN2. The van der Waals surface area contributed by atoms with E-state index >= 15 is 0 Å². The van der Waals surface area contributed by atoms with Crippen molar-refractivity contribution in [3.63, 3.8) is 0 Å². The van der Waals surface area contributed by atoms with Gasteiger partial charge in [0.1, 0.15) is 17.3 Å². The van der Waals surface area contributed by atoms with Crippen LogP contribution in [0.1, 0.15) is 15.9 Å². The molecule has 0 saturated heterocycles. The zero-order valence-electron chi connectivity index (χ0n) is 10.5. The van der Waals surface area contributed by atoms with Crippen LogP contribution in [0.2, 0.25) is 0 Å². The van der Waals surface area contributed by atoms with Gasteiger partial charge in [-0.1, -0.05) is 6.07 Å². The van der Waals surface area contributed by atoms with Crippen molar-refractivity contribution >= 4 is 17.3 Å². The predicted octanol–water partition coefficient (Wildman–Crippen LogP) is 3.19. The second-order valence-electron chi connectivity index (χ2n) is 4.60. The van der Waals surface area contributed by atoms with E-state index in [2.05, 4.69) is 10.6 Å². The van der Waals surface area contributed by atoms with Gasteiger partial charge in [-0.3, -0.25) is 4.79 Å². The minimum absolute atomic E-state index is 0.384. The number of benzene rings is 2. The number of nitrogens with one attached hydrogen (secondary N) is 2. The smallest absolute Gasteiger partial charge is 0.255 e. The fourth-order valence-corrected chi connectivity index (χ4v) is 2.25. The van der Waals surface area contributed by atoms with Gasteiger partial charge in [0.25, 0.3) is 5.91 Å². The summed E-state index contributed by atoms with van der Waals surface area (Å²) in [6.07, 6.45) is 0.838. The molecule has 2 aromatic rings. The van der Waals surface area contributed by atoms with Crippen LogP contribution in [0.25, 0.3) is 0 Å². The molecule has 0 fully saturated rings. The van der Waals surface area contributed by atoms with Crippen LogP contribution in [0, 0.1) is 11.6 Å². The summed E-state index contributed by atoms with van der Waals surface area (Å²) in [4.78, 5) is 12.1. The van der Waals surface area contributed by atoms with E-state index < -0.39 is 23.2 Å². The number of rotatable bonds is 2. The molecule has 1 aliphatic heterocycles. The van der Waals surface area contributed by atoms with Gasteiger partial charge < -0.3 is 10.6 Å². The van der Waals surface area contributed by atoms with E-state index in [1.807, 2.05) is 0 Å². The lowest BCUT2D eigenvalue weighted by Crippen LogP contribution is -2.14. The molecule has 5 heteroatoms. The summed E-state index contributed by atoms with van der Waals surface area (Å²) in [5, 5.41) is 5.46. The Balaban J connectivity index is 1.86. The Morgan fingerprint density at radius 3 is 2.65 bits per heavy atom. The van der Waals surface area contributed by atoms with Gasteiger partial charge in [0.15, 0.2) is 0 Å². The van der Waals surface area contributed by atoms with Gasteiger partial charge in [-0.15, -0.1) is 0 Å². The molecule has 1 heterocycles. The lowest BCUT2D eigenvalue weighted by Gasteiger charge is -2.08. The third-order valence-corrected chi connectivity index (χ3v) is 3.28. The molecule has 0 radical (unpaired) electrons. The first kappa shape index (κ1) is 12.6. The van der Waals surface area contributed by atoms with E-state index in [9.17, 15) is 13.6 Å². The van der Waals surface area contributed by atoms with E-state index in [0.717, 1.165) is 36.3 Å². The number of hydrogen-bond acceptors (Lipinski definition) is 2. The highest BCUT2D eigenvalue weighted by atomic mass is 19.1. The number of fused-ring (bicyclic) bond motifs is 1. The van der Waals surface area contributed by atoms with Crippen LogP contribution in [0.4, 0.5) is 20.2 Å². The highest BCUT2D eigenvalue weighted by Gasteiger charge is 2.16. The molecule has 20 heavy (non-hydrogen) atoms. The largest absolute Gasteiger partial charge is 0.384 e. The van der Waals surface area contributed by atoms with Crippen molar-refractivity contribution in [1.82, 2.24) is 0 Å². The van der Waals surface area contributed by atoms with E-state index in [1.54, 1.807) is 18.2 Å². The summed E-state index contributed by atoms with van der Waals surface area (Å²) in [6.45, 7) is 0.836. The molecule has 0 bridgehead atoms. The average molecular weight is 274 g/mol. The number of amides is 1. The van der Waals surface area contributed by atoms with Gasteiger partial charge >= 0.3 is 0 Å². The molecule has 0 unspecified atom stereocenters. The lowest BCUT2D eigenvalue weighted by atomic mass is 10.1. The van der Waals surface area contributed by atoms with Crippen LogP contribution < -0.4 is 10.6 Å². The molecular weight excluding hydrogens is 262 g/mol. The summed E-state index contributed by atoms with van der Waals surface area (Å²) in [5.74, 6) is -2.11. The van der Waals surface area contributed by atoms with Crippen molar-refractivity contribution in [3.05, 3.63) is 59.2 Å². The quantitative estimate of drug-likeness (QED) is 0.883. The maximum Gasteiger partial charge on any atom is 0.255 e. The van der Waals surface area contributed by atoms with Gasteiger partial charge in [-0.05, 0) is 42.3 Å². The van der Waals surface area contributed by atoms with Crippen LogP contribution in [0.3, 0.4) is 0 Å². The Morgan fingerprint density at radius 1 is 1.15 bits per heavy atom. The van der Waals surface area contributed by atoms with E-state index in [1.165, 1.54) is 6.07 Å². The van der Waals surface area contributed by atoms with E-state index in [4.69, 9.17) is 0 Å². The number of para-hydroxylation sites is 1. The monoisotopic (exact) mass is 274 g/mol. The molecule has 0 saturated carbocycles. The minimum atomic E-state index is -0.791. The first-order valence-corrected chi connectivity index (χ1v) is 6.27. The van der Waals surface area contributed by atoms with Crippen molar-refractivity contribution in [1.29, 1.82) is 0 Å². The number of carbonyl (C=O) groups excluding carboxylic acids is 1. The van der Waals surface area contributed by atoms with Crippen molar-refractivity contribution < 1.29 is 13.6 Å². The summed E-state index contributed by atoms with van der Waals surface area (Å²) < 4.78 is 27.0. The maximum atomic E-state index is 13.5. The van der Waals surface area contributed by atoms with Crippen molar-refractivity contribution in [2.75, 3.05) is 17.2 Å².